The molecule has 0 bridgehead atoms. The van der Waals surface area contributed by atoms with E-state index in [0.29, 0.717) is 5.92 Å². The molecule has 2 aliphatic heterocycles. The van der Waals surface area contributed by atoms with Gasteiger partial charge in [0.15, 0.2) is 0 Å². The topological polar surface area (TPSA) is 55.8 Å². The van der Waals surface area contributed by atoms with E-state index in [4.69, 9.17) is 9.47 Å². The molecule has 4 nitrogen and oxygen atoms in total. The van der Waals surface area contributed by atoms with Gasteiger partial charge in [-0.05, 0) is 68.1 Å². The molecule has 0 unspecified atom stereocenters. The molecule has 0 aliphatic carbocycles. The van der Waals surface area contributed by atoms with Crippen molar-refractivity contribution in [2.45, 2.75) is 50.9 Å². The molecular formula is C28H28O4. The predicted molar refractivity (Wildman–Crippen MR) is 124 cm³/mol. The first-order chi connectivity index (χ1) is 15.3. The summed E-state index contributed by atoms with van der Waals surface area (Å²) in [5.74, 6) is 0.500. The average molecular weight is 429 g/mol. The van der Waals surface area contributed by atoms with Crippen molar-refractivity contribution >= 4 is 5.97 Å². The lowest BCUT2D eigenvalue weighted by molar-refractivity contribution is -0.153. The van der Waals surface area contributed by atoms with Gasteiger partial charge in [-0.2, -0.15) is 0 Å². The second-order valence-electron chi connectivity index (χ2n) is 9.46. The third-order valence-electron chi connectivity index (χ3n) is 7.08. The number of hydrogen-bond acceptors (Lipinski definition) is 3. The van der Waals surface area contributed by atoms with E-state index < -0.39 is 5.97 Å². The Morgan fingerprint density at radius 2 is 1.66 bits per heavy atom. The van der Waals surface area contributed by atoms with Crippen molar-refractivity contribution in [1.82, 2.24) is 0 Å². The van der Waals surface area contributed by atoms with E-state index in [0.717, 1.165) is 28.9 Å². The fraction of sp³-hybridized carbons (Fsp3) is 0.321. The summed E-state index contributed by atoms with van der Waals surface area (Å²) in [5, 5.41) is 9.18. The SMILES string of the molecule is C[C@@H]1O[C@@H]2c3cc(-c4ccc(C(=O)O)cc4)ccc3OC(C)(C)[C@H]2C[C@H]1c1ccccc1. The van der Waals surface area contributed by atoms with Gasteiger partial charge >= 0.3 is 5.97 Å². The van der Waals surface area contributed by atoms with Crippen LogP contribution in [-0.4, -0.2) is 22.8 Å². The van der Waals surface area contributed by atoms with Gasteiger partial charge in [0.1, 0.15) is 11.4 Å². The summed E-state index contributed by atoms with van der Waals surface area (Å²) in [6.07, 6.45) is 1.06. The van der Waals surface area contributed by atoms with Crippen molar-refractivity contribution < 1.29 is 19.4 Å². The highest BCUT2D eigenvalue weighted by molar-refractivity contribution is 5.88. The zero-order chi connectivity index (χ0) is 22.5. The number of carboxylic acids is 1. The van der Waals surface area contributed by atoms with Crippen LogP contribution in [0, 0.1) is 5.92 Å². The molecule has 1 saturated heterocycles. The molecule has 32 heavy (non-hydrogen) atoms. The maximum Gasteiger partial charge on any atom is 0.335 e. The molecule has 0 saturated carbocycles. The lowest BCUT2D eigenvalue weighted by Crippen LogP contribution is -2.50. The van der Waals surface area contributed by atoms with Crippen molar-refractivity contribution in [3.63, 3.8) is 0 Å². The molecule has 0 spiro atoms. The first kappa shape index (κ1) is 20.8. The number of carboxylic acid groups (broad SMARTS) is 1. The van der Waals surface area contributed by atoms with E-state index in [1.54, 1.807) is 12.1 Å². The second kappa shape index (κ2) is 7.79. The molecule has 2 heterocycles. The standard InChI is InChI=1S/C28H28O4/c1-17-22(19-7-5-4-6-8-19)16-24-26(31-17)23-15-21(13-14-25(23)32-28(24,2)3)18-9-11-20(12-10-18)27(29)30/h4-15,17,22,24,26H,16H2,1-3H3,(H,29,30)/t17-,22+,24-,26+/m0/s1. The Kier molecular flexibility index (Phi) is 5.06. The third-order valence-corrected chi connectivity index (χ3v) is 7.08. The van der Waals surface area contributed by atoms with Gasteiger partial charge in [-0.1, -0.05) is 48.5 Å². The zero-order valence-corrected chi connectivity index (χ0v) is 18.6. The van der Waals surface area contributed by atoms with Gasteiger partial charge in [0.2, 0.25) is 0 Å². The van der Waals surface area contributed by atoms with Gasteiger partial charge in [0.25, 0.3) is 0 Å². The minimum atomic E-state index is -0.918. The number of ether oxygens (including phenoxy) is 2. The molecule has 164 valence electrons. The van der Waals surface area contributed by atoms with Gasteiger partial charge in [-0.15, -0.1) is 0 Å². The predicted octanol–water partition coefficient (Wildman–Crippen LogP) is 6.47. The highest BCUT2D eigenvalue weighted by Crippen LogP contribution is 2.54. The minimum Gasteiger partial charge on any atom is -0.487 e. The second-order valence-corrected chi connectivity index (χ2v) is 9.46. The summed E-state index contributed by atoms with van der Waals surface area (Å²) in [6, 6.07) is 23.8. The summed E-state index contributed by atoms with van der Waals surface area (Å²) in [6.45, 7) is 6.49. The van der Waals surface area contributed by atoms with Gasteiger partial charge < -0.3 is 14.6 Å². The van der Waals surface area contributed by atoms with Crippen molar-refractivity contribution in [1.29, 1.82) is 0 Å². The smallest absolute Gasteiger partial charge is 0.335 e. The maximum absolute atomic E-state index is 11.2. The third kappa shape index (κ3) is 3.59. The van der Waals surface area contributed by atoms with Crippen LogP contribution >= 0.6 is 0 Å². The first-order valence-corrected chi connectivity index (χ1v) is 11.2. The van der Waals surface area contributed by atoms with Crippen LogP contribution in [-0.2, 0) is 4.74 Å². The Labute approximate surface area is 188 Å². The molecule has 4 heteroatoms. The largest absolute Gasteiger partial charge is 0.487 e. The fourth-order valence-electron chi connectivity index (χ4n) is 5.26. The van der Waals surface area contributed by atoms with E-state index in [9.17, 15) is 9.90 Å². The Morgan fingerprint density at radius 3 is 2.34 bits per heavy atom. The van der Waals surface area contributed by atoms with E-state index >= 15 is 0 Å². The monoisotopic (exact) mass is 428 g/mol. The van der Waals surface area contributed by atoms with Gasteiger partial charge in [0.05, 0.1) is 17.8 Å². The first-order valence-electron chi connectivity index (χ1n) is 11.2. The quantitative estimate of drug-likeness (QED) is 0.519. The zero-order valence-electron chi connectivity index (χ0n) is 18.6. The number of hydrogen-bond donors (Lipinski definition) is 1. The molecular weight excluding hydrogens is 400 g/mol. The summed E-state index contributed by atoms with van der Waals surface area (Å²) >= 11 is 0. The Hall–Kier alpha value is -3.11. The summed E-state index contributed by atoms with van der Waals surface area (Å²) in [4.78, 5) is 11.2. The van der Waals surface area contributed by atoms with Crippen LogP contribution in [0.5, 0.6) is 5.75 Å². The molecule has 3 aromatic rings. The van der Waals surface area contributed by atoms with Crippen LogP contribution in [0.4, 0.5) is 0 Å². The Balaban J connectivity index is 1.50. The molecule has 3 aromatic carbocycles. The number of benzene rings is 3. The number of carbonyl (C=O) groups is 1. The maximum atomic E-state index is 11.2. The van der Waals surface area contributed by atoms with Crippen molar-refractivity contribution in [2.24, 2.45) is 5.92 Å². The molecule has 0 radical (unpaired) electrons. The Bertz CT molecular complexity index is 1130. The van der Waals surface area contributed by atoms with Crippen molar-refractivity contribution in [2.75, 3.05) is 0 Å². The van der Waals surface area contributed by atoms with Crippen LogP contribution < -0.4 is 4.74 Å². The molecule has 4 atom stereocenters. The van der Waals surface area contributed by atoms with Crippen molar-refractivity contribution in [3.8, 4) is 16.9 Å². The molecule has 1 fully saturated rings. The molecule has 1 N–H and O–H groups in total. The number of aromatic carboxylic acids is 1. The average Bonchev–Trinajstić information content (AvgIpc) is 2.79. The highest BCUT2D eigenvalue weighted by Gasteiger charge is 2.49. The van der Waals surface area contributed by atoms with Crippen LogP contribution in [0.15, 0.2) is 72.8 Å². The van der Waals surface area contributed by atoms with Crippen LogP contribution in [0.2, 0.25) is 0 Å². The van der Waals surface area contributed by atoms with Gasteiger partial charge in [-0.3, -0.25) is 0 Å². The van der Waals surface area contributed by atoms with Crippen molar-refractivity contribution in [3.05, 3.63) is 89.5 Å². The summed E-state index contributed by atoms with van der Waals surface area (Å²) in [7, 11) is 0. The van der Waals surface area contributed by atoms with Gasteiger partial charge in [-0.25, -0.2) is 4.79 Å². The summed E-state index contributed by atoms with van der Waals surface area (Å²) in [5.41, 5.74) is 4.35. The molecule has 5 rings (SSSR count). The molecule has 0 amide bonds. The summed E-state index contributed by atoms with van der Waals surface area (Å²) < 4.78 is 13.2. The van der Waals surface area contributed by atoms with Crippen LogP contribution in [0.25, 0.3) is 11.1 Å². The number of rotatable bonds is 3. The van der Waals surface area contributed by atoms with E-state index in [1.807, 2.05) is 24.3 Å². The van der Waals surface area contributed by atoms with E-state index in [-0.39, 0.29) is 29.3 Å². The Morgan fingerprint density at radius 1 is 0.969 bits per heavy atom. The normalized spacial score (nSPS) is 25.8. The lowest BCUT2D eigenvalue weighted by atomic mass is 9.70. The highest BCUT2D eigenvalue weighted by atomic mass is 16.5. The van der Waals surface area contributed by atoms with Crippen LogP contribution in [0.3, 0.4) is 0 Å². The van der Waals surface area contributed by atoms with Gasteiger partial charge in [0, 0.05) is 17.4 Å². The molecule has 0 aromatic heterocycles. The fourth-order valence-corrected chi connectivity index (χ4v) is 5.26. The van der Waals surface area contributed by atoms with E-state index in [2.05, 4.69) is 57.2 Å². The minimum absolute atomic E-state index is 0.0399. The lowest BCUT2D eigenvalue weighted by Gasteiger charge is -2.50. The van der Waals surface area contributed by atoms with Crippen LogP contribution in [0.1, 0.15) is 60.7 Å². The van der Waals surface area contributed by atoms with E-state index in [1.165, 1.54) is 5.56 Å². The molecule has 2 aliphatic rings. The number of fused-ring (bicyclic) bond motifs is 3.